The Kier molecular flexibility index (Phi) is 3.17. The first-order chi connectivity index (χ1) is 10.0. The van der Waals surface area contributed by atoms with Gasteiger partial charge in [-0.3, -0.25) is 0 Å². The third-order valence-corrected chi connectivity index (χ3v) is 3.24. The SMILES string of the molecule is Cc1ccc(O)c(-c2nc(-c3ccc(C)c(F)c3)no2)c1. The fraction of sp³-hybridized carbons (Fsp3) is 0.125. The Labute approximate surface area is 120 Å². The molecule has 0 aliphatic carbocycles. The van der Waals surface area contributed by atoms with E-state index in [1.807, 2.05) is 6.92 Å². The van der Waals surface area contributed by atoms with Crippen LogP contribution >= 0.6 is 0 Å². The van der Waals surface area contributed by atoms with Gasteiger partial charge in [-0.1, -0.05) is 28.9 Å². The third-order valence-electron chi connectivity index (χ3n) is 3.24. The van der Waals surface area contributed by atoms with E-state index in [9.17, 15) is 9.50 Å². The highest BCUT2D eigenvalue weighted by atomic mass is 19.1. The van der Waals surface area contributed by atoms with E-state index in [1.54, 1.807) is 37.3 Å². The van der Waals surface area contributed by atoms with Crippen LogP contribution in [0.15, 0.2) is 40.9 Å². The Morgan fingerprint density at radius 3 is 2.67 bits per heavy atom. The van der Waals surface area contributed by atoms with E-state index >= 15 is 0 Å². The summed E-state index contributed by atoms with van der Waals surface area (Å²) in [7, 11) is 0. The number of phenols is 1. The number of hydrogen-bond acceptors (Lipinski definition) is 4. The van der Waals surface area contributed by atoms with Gasteiger partial charge >= 0.3 is 0 Å². The second kappa shape index (κ2) is 5.01. The molecule has 0 aliphatic heterocycles. The molecule has 5 heteroatoms. The van der Waals surface area contributed by atoms with Crippen LogP contribution in [0.4, 0.5) is 4.39 Å². The van der Waals surface area contributed by atoms with Gasteiger partial charge in [0.05, 0.1) is 5.56 Å². The second-order valence-corrected chi connectivity index (χ2v) is 4.91. The Morgan fingerprint density at radius 2 is 1.90 bits per heavy atom. The van der Waals surface area contributed by atoms with E-state index in [-0.39, 0.29) is 23.3 Å². The zero-order valence-corrected chi connectivity index (χ0v) is 11.6. The quantitative estimate of drug-likeness (QED) is 0.776. The fourth-order valence-electron chi connectivity index (χ4n) is 2.00. The van der Waals surface area contributed by atoms with Crippen LogP contribution in [0.25, 0.3) is 22.8 Å². The molecule has 2 aromatic carbocycles. The fourth-order valence-corrected chi connectivity index (χ4v) is 2.00. The van der Waals surface area contributed by atoms with Crippen LogP contribution in [0.3, 0.4) is 0 Å². The maximum absolute atomic E-state index is 13.6. The first-order valence-electron chi connectivity index (χ1n) is 6.45. The molecule has 0 bridgehead atoms. The van der Waals surface area contributed by atoms with E-state index in [0.29, 0.717) is 16.7 Å². The number of hydrogen-bond donors (Lipinski definition) is 1. The molecule has 0 spiro atoms. The first-order valence-corrected chi connectivity index (χ1v) is 6.45. The summed E-state index contributed by atoms with van der Waals surface area (Å²) in [4.78, 5) is 4.22. The maximum atomic E-state index is 13.6. The molecule has 1 heterocycles. The summed E-state index contributed by atoms with van der Waals surface area (Å²) < 4.78 is 18.8. The highest BCUT2D eigenvalue weighted by molar-refractivity contribution is 5.65. The molecule has 4 nitrogen and oxygen atoms in total. The summed E-state index contributed by atoms with van der Waals surface area (Å²) in [6, 6.07) is 9.85. The van der Waals surface area contributed by atoms with Crippen molar-refractivity contribution in [1.29, 1.82) is 0 Å². The zero-order chi connectivity index (χ0) is 15.0. The van der Waals surface area contributed by atoms with Gasteiger partial charge in [0.1, 0.15) is 11.6 Å². The molecule has 3 rings (SSSR count). The number of aromatic nitrogens is 2. The van der Waals surface area contributed by atoms with Gasteiger partial charge < -0.3 is 9.63 Å². The predicted molar refractivity (Wildman–Crippen MR) is 76.3 cm³/mol. The monoisotopic (exact) mass is 284 g/mol. The van der Waals surface area contributed by atoms with Gasteiger partial charge in [0.25, 0.3) is 5.89 Å². The van der Waals surface area contributed by atoms with Gasteiger partial charge in [-0.25, -0.2) is 4.39 Å². The van der Waals surface area contributed by atoms with E-state index in [0.717, 1.165) is 5.56 Å². The van der Waals surface area contributed by atoms with Crippen molar-refractivity contribution in [3.8, 4) is 28.6 Å². The molecular formula is C16H13FN2O2. The van der Waals surface area contributed by atoms with Crippen molar-refractivity contribution in [3.63, 3.8) is 0 Å². The summed E-state index contributed by atoms with van der Waals surface area (Å²) in [5.74, 6) is 0.222. The van der Waals surface area contributed by atoms with Crippen molar-refractivity contribution in [2.75, 3.05) is 0 Å². The van der Waals surface area contributed by atoms with Crippen molar-refractivity contribution in [1.82, 2.24) is 10.1 Å². The molecular weight excluding hydrogens is 271 g/mol. The van der Waals surface area contributed by atoms with Gasteiger partial charge in [0.2, 0.25) is 5.82 Å². The van der Waals surface area contributed by atoms with Gasteiger partial charge in [0, 0.05) is 5.56 Å². The lowest BCUT2D eigenvalue weighted by atomic mass is 10.1. The molecule has 0 saturated carbocycles. The lowest BCUT2D eigenvalue weighted by Gasteiger charge is -2.00. The highest BCUT2D eigenvalue weighted by Gasteiger charge is 2.14. The van der Waals surface area contributed by atoms with Crippen molar-refractivity contribution in [3.05, 3.63) is 53.3 Å². The minimum absolute atomic E-state index is 0.0610. The van der Waals surface area contributed by atoms with E-state index in [2.05, 4.69) is 10.1 Å². The van der Waals surface area contributed by atoms with Crippen LogP contribution in [0, 0.1) is 19.7 Å². The van der Waals surface area contributed by atoms with Crippen LogP contribution in [0.2, 0.25) is 0 Å². The molecule has 21 heavy (non-hydrogen) atoms. The predicted octanol–water partition coefficient (Wildman–Crippen LogP) is 3.87. The molecule has 1 N–H and O–H groups in total. The lowest BCUT2D eigenvalue weighted by Crippen LogP contribution is -1.86. The highest BCUT2D eigenvalue weighted by Crippen LogP contribution is 2.30. The molecule has 0 unspecified atom stereocenters. The van der Waals surface area contributed by atoms with Crippen LogP contribution in [0.1, 0.15) is 11.1 Å². The first kappa shape index (κ1) is 13.3. The van der Waals surface area contributed by atoms with Crippen molar-refractivity contribution in [2.24, 2.45) is 0 Å². The summed E-state index contributed by atoms with van der Waals surface area (Å²) in [5.41, 5.74) is 2.50. The Morgan fingerprint density at radius 1 is 1.10 bits per heavy atom. The van der Waals surface area contributed by atoms with Crippen LogP contribution in [-0.2, 0) is 0 Å². The van der Waals surface area contributed by atoms with Crippen molar-refractivity contribution >= 4 is 0 Å². The van der Waals surface area contributed by atoms with Gasteiger partial charge in [-0.05, 0) is 37.6 Å². The van der Waals surface area contributed by atoms with E-state index in [1.165, 1.54) is 6.07 Å². The molecule has 106 valence electrons. The normalized spacial score (nSPS) is 10.8. The van der Waals surface area contributed by atoms with Gasteiger partial charge in [-0.2, -0.15) is 4.98 Å². The number of nitrogens with zero attached hydrogens (tertiary/aromatic N) is 2. The molecule has 0 amide bonds. The van der Waals surface area contributed by atoms with E-state index < -0.39 is 0 Å². The summed E-state index contributed by atoms with van der Waals surface area (Å²) in [6.07, 6.45) is 0. The minimum atomic E-state index is -0.322. The third kappa shape index (κ3) is 2.50. The van der Waals surface area contributed by atoms with Crippen molar-refractivity contribution in [2.45, 2.75) is 13.8 Å². The molecule has 0 atom stereocenters. The minimum Gasteiger partial charge on any atom is -0.507 e. The number of phenolic OH excluding ortho intramolecular Hbond substituents is 1. The molecule has 0 fully saturated rings. The lowest BCUT2D eigenvalue weighted by molar-refractivity contribution is 0.425. The maximum Gasteiger partial charge on any atom is 0.262 e. The Balaban J connectivity index is 2.03. The number of rotatable bonds is 2. The number of aromatic hydroxyl groups is 1. The second-order valence-electron chi connectivity index (χ2n) is 4.91. The van der Waals surface area contributed by atoms with E-state index in [4.69, 9.17) is 4.52 Å². The van der Waals surface area contributed by atoms with Gasteiger partial charge in [-0.15, -0.1) is 0 Å². The van der Waals surface area contributed by atoms with Crippen molar-refractivity contribution < 1.29 is 14.0 Å². The van der Waals surface area contributed by atoms with Crippen LogP contribution in [-0.4, -0.2) is 15.2 Å². The average Bonchev–Trinajstić information content (AvgIpc) is 2.94. The Hall–Kier alpha value is -2.69. The molecule has 0 saturated heterocycles. The molecule has 1 aromatic heterocycles. The average molecular weight is 284 g/mol. The van der Waals surface area contributed by atoms with Crippen LogP contribution in [0.5, 0.6) is 5.75 Å². The Bertz CT molecular complexity index is 812. The summed E-state index contributed by atoms with van der Waals surface area (Å²) in [5, 5.41) is 13.7. The number of benzene rings is 2. The standard InChI is InChI=1S/C16H13FN2O2/c1-9-3-6-14(20)12(7-9)16-18-15(19-21-16)11-5-4-10(2)13(17)8-11/h3-8,20H,1-2H3. The molecule has 3 aromatic rings. The zero-order valence-electron chi connectivity index (χ0n) is 11.6. The number of aryl methyl sites for hydroxylation is 2. The summed E-state index contributed by atoms with van der Waals surface area (Å²) >= 11 is 0. The largest absolute Gasteiger partial charge is 0.507 e. The smallest absolute Gasteiger partial charge is 0.262 e. The topological polar surface area (TPSA) is 59.2 Å². The number of halogens is 1. The van der Waals surface area contributed by atoms with Crippen LogP contribution < -0.4 is 0 Å². The molecule has 0 radical (unpaired) electrons. The van der Waals surface area contributed by atoms with Gasteiger partial charge in [0.15, 0.2) is 0 Å². The molecule has 0 aliphatic rings. The summed E-state index contributed by atoms with van der Waals surface area (Å²) in [6.45, 7) is 3.58.